The van der Waals surface area contributed by atoms with Gasteiger partial charge in [0.05, 0.1) is 0 Å². The molecule has 3 nitrogen and oxygen atoms in total. The third-order valence-electron chi connectivity index (χ3n) is 2.71. The molecule has 0 rings (SSSR count). The number of rotatable bonds is 10. The summed E-state index contributed by atoms with van der Waals surface area (Å²) in [7, 11) is 0. The number of aliphatic carboxylic acids is 1. The summed E-state index contributed by atoms with van der Waals surface area (Å²) in [6.07, 6.45) is 2.78. The van der Waals surface area contributed by atoms with Gasteiger partial charge in [0, 0.05) is 0 Å². The molecule has 0 amide bonds. The van der Waals surface area contributed by atoms with Gasteiger partial charge in [-0.2, -0.15) is 11.8 Å². The van der Waals surface area contributed by atoms with Gasteiger partial charge >= 0.3 is 5.97 Å². The Bertz CT molecular complexity index is 221. The van der Waals surface area contributed by atoms with E-state index in [0.29, 0.717) is 13.0 Å². The summed E-state index contributed by atoms with van der Waals surface area (Å²) in [6, 6.07) is 0. The van der Waals surface area contributed by atoms with Crippen molar-refractivity contribution in [3.63, 3.8) is 0 Å². The van der Waals surface area contributed by atoms with Crippen molar-refractivity contribution in [2.24, 2.45) is 5.92 Å². The smallest absolute Gasteiger partial charge is 0.323 e. The highest BCUT2D eigenvalue weighted by atomic mass is 32.2. The molecule has 102 valence electrons. The molecule has 0 aromatic carbocycles. The van der Waals surface area contributed by atoms with Crippen LogP contribution in [0.4, 0.5) is 0 Å². The van der Waals surface area contributed by atoms with Crippen molar-refractivity contribution >= 4 is 17.7 Å². The second kappa shape index (κ2) is 8.81. The lowest BCUT2D eigenvalue weighted by molar-refractivity contribution is -0.144. The molecular formula is C13H27NO2S. The molecule has 0 aromatic rings. The number of likely N-dealkylation sites (N-methyl/N-ethyl adjacent to an activating group) is 1. The third kappa shape index (κ3) is 7.66. The zero-order valence-corrected chi connectivity index (χ0v) is 12.4. The van der Waals surface area contributed by atoms with Gasteiger partial charge < -0.3 is 10.4 Å². The van der Waals surface area contributed by atoms with E-state index >= 15 is 0 Å². The van der Waals surface area contributed by atoms with Gasteiger partial charge in [-0.25, -0.2) is 0 Å². The molecular weight excluding hydrogens is 234 g/mol. The first-order valence-electron chi connectivity index (χ1n) is 6.48. The van der Waals surface area contributed by atoms with Crippen LogP contribution in [0, 0.1) is 5.92 Å². The molecule has 0 aliphatic rings. The molecule has 0 radical (unpaired) electrons. The minimum atomic E-state index is -0.753. The number of nitrogens with one attached hydrogen (secondary N) is 1. The van der Waals surface area contributed by atoms with Gasteiger partial charge in [-0.05, 0) is 43.7 Å². The minimum absolute atomic E-state index is 0.699. The van der Waals surface area contributed by atoms with Crippen molar-refractivity contribution in [2.75, 3.05) is 18.1 Å². The van der Waals surface area contributed by atoms with Crippen LogP contribution < -0.4 is 5.32 Å². The maximum Gasteiger partial charge on any atom is 0.323 e. The van der Waals surface area contributed by atoms with Crippen molar-refractivity contribution < 1.29 is 9.90 Å². The topological polar surface area (TPSA) is 49.3 Å². The van der Waals surface area contributed by atoms with E-state index in [4.69, 9.17) is 0 Å². The van der Waals surface area contributed by atoms with E-state index in [1.165, 1.54) is 5.75 Å². The molecule has 0 heterocycles. The molecule has 1 atom stereocenters. The highest BCUT2D eigenvalue weighted by Crippen LogP contribution is 2.16. The molecule has 0 spiro atoms. The van der Waals surface area contributed by atoms with Crippen molar-refractivity contribution in [3.05, 3.63) is 0 Å². The Balaban J connectivity index is 3.73. The first kappa shape index (κ1) is 16.8. The molecule has 2 N–H and O–H groups in total. The Kier molecular flexibility index (Phi) is 8.70. The molecule has 0 saturated heterocycles. The standard InChI is InChI=1S/C13H27NO2S/c1-5-14-13(4,12(15)16)8-6-7-9-17-10-11(2)3/h11,14H,5-10H2,1-4H3,(H,15,16). The lowest BCUT2D eigenvalue weighted by atomic mass is 9.95. The minimum Gasteiger partial charge on any atom is -0.480 e. The average Bonchev–Trinajstić information content (AvgIpc) is 2.23. The van der Waals surface area contributed by atoms with Crippen LogP contribution in [0.15, 0.2) is 0 Å². The van der Waals surface area contributed by atoms with Crippen molar-refractivity contribution in [1.29, 1.82) is 0 Å². The normalized spacial score (nSPS) is 14.9. The Morgan fingerprint density at radius 3 is 2.53 bits per heavy atom. The number of carbonyl (C=O) groups is 1. The van der Waals surface area contributed by atoms with Crippen molar-refractivity contribution in [2.45, 2.75) is 52.5 Å². The SMILES string of the molecule is CCNC(C)(CCCCSCC(C)C)C(=O)O. The Hall–Kier alpha value is -0.220. The second-order valence-electron chi connectivity index (χ2n) is 5.09. The molecule has 1 unspecified atom stereocenters. The zero-order valence-electron chi connectivity index (χ0n) is 11.6. The molecule has 0 saturated carbocycles. The Morgan fingerprint density at radius 1 is 1.41 bits per heavy atom. The second-order valence-corrected chi connectivity index (χ2v) is 6.24. The van der Waals surface area contributed by atoms with Crippen molar-refractivity contribution in [3.8, 4) is 0 Å². The number of hydrogen-bond acceptors (Lipinski definition) is 3. The fraction of sp³-hybridized carbons (Fsp3) is 0.923. The first-order valence-corrected chi connectivity index (χ1v) is 7.64. The lowest BCUT2D eigenvalue weighted by Crippen LogP contribution is -2.49. The Labute approximate surface area is 110 Å². The fourth-order valence-corrected chi connectivity index (χ4v) is 2.71. The van der Waals surface area contributed by atoms with Crippen LogP contribution in [0.5, 0.6) is 0 Å². The van der Waals surface area contributed by atoms with Crippen LogP contribution in [0.25, 0.3) is 0 Å². The summed E-state index contributed by atoms with van der Waals surface area (Å²) in [6.45, 7) is 8.87. The van der Waals surface area contributed by atoms with Gasteiger partial charge in [0.2, 0.25) is 0 Å². The quantitative estimate of drug-likeness (QED) is 0.594. The number of unbranched alkanes of at least 4 members (excludes halogenated alkanes) is 1. The molecule has 4 heteroatoms. The van der Waals surface area contributed by atoms with Gasteiger partial charge in [-0.15, -0.1) is 0 Å². The monoisotopic (exact) mass is 261 g/mol. The van der Waals surface area contributed by atoms with Gasteiger partial charge in [-0.1, -0.05) is 27.2 Å². The first-order chi connectivity index (χ1) is 7.92. The summed E-state index contributed by atoms with van der Waals surface area (Å²) < 4.78 is 0. The fourth-order valence-electron chi connectivity index (χ4n) is 1.66. The summed E-state index contributed by atoms with van der Waals surface area (Å²) in [4.78, 5) is 11.2. The van der Waals surface area contributed by atoms with Crippen LogP contribution in [0.2, 0.25) is 0 Å². The Morgan fingerprint density at radius 2 is 2.06 bits per heavy atom. The number of carboxylic acid groups (broad SMARTS) is 1. The number of carboxylic acids is 1. The predicted octanol–water partition coefficient (Wildman–Crippen LogP) is 3.00. The van der Waals surface area contributed by atoms with Crippen LogP contribution in [0.1, 0.15) is 47.0 Å². The average molecular weight is 261 g/mol. The third-order valence-corrected chi connectivity index (χ3v) is 4.19. The molecule has 0 aliphatic heterocycles. The zero-order chi connectivity index (χ0) is 13.3. The largest absolute Gasteiger partial charge is 0.480 e. The van der Waals surface area contributed by atoms with Gasteiger partial charge in [0.15, 0.2) is 0 Å². The van der Waals surface area contributed by atoms with Gasteiger partial charge in [0.1, 0.15) is 5.54 Å². The van der Waals surface area contributed by atoms with E-state index in [9.17, 15) is 9.90 Å². The predicted molar refractivity (Wildman–Crippen MR) is 75.7 cm³/mol. The highest BCUT2D eigenvalue weighted by molar-refractivity contribution is 7.99. The molecule has 0 fully saturated rings. The van der Waals surface area contributed by atoms with Crippen LogP contribution in [0.3, 0.4) is 0 Å². The van der Waals surface area contributed by atoms with Gasteiger partial charge in [0.25, 0.3) is 0 Å². The van der Waals surface area contributed by atoms with Crippen molar-refractivity contribution in [1.82, 2.24) is 5.32 Å². The molecule has 0 aliphatic carbocycles. The highest BCUT2D eigenvalue weighted by Gasteiger charge is 2.30. The van der Waals surface area contributed by atoms with E-state index in [0.717, 1.165) is 24.5 Å². The van der Waals surface area contributed by atoms with Gasteiger partial charge in [-0.3, -0.25) is 4.79 Å². The van der Waals surface area contributed by atoms with E-state index in [-0.39, 0.29) is 0 Å². The summed E-state index contributed by atoms with van der Waals surface area (Å²) in [5, 5.41) is 12.2. The number of thioether (sulfide) groups is 1. The molecule has 0 bridgehead atoms. The molecule has 0 aromatic heterocycles. The van der Waals surface area contributed by atoms with Crippen LogP contribution in [-0.4, -0.2) is 34.7 Å². The summed E-state index contributed by atoms with van der Waals surface area (Å²) >= 11 is 1.97. The number of hydrogen-bond donors (Lipinski definition) is 2. The maximum absolute atomic E-state index is 11.2. The lowest BCUT2D eigenvalue weighted by Gasteiger charge is -2.25. The van der Waals surface area contributed by atoms with Crippen LogP contribution >= 0.6 is 11.8 Å². The summed E-state index contributed by atoms with van der Waals surface area (Å²) in [5.74, 6) is 2.34. The van der Waals surface area contributed by atoms with E-state index in [2.05, 4.69) is 19.2 Å². The van der Waals surface area contributed by atoms with Crippen LogP contribution in [-0.2, 0) is 4.79 Å². The van der Waals surface area contributed by atoms with E-state index in [1.54, 1.807) is 6.92 Å². The maximum atomic E-state index is 11.2. The summed E-state index contributed by atoms with van der Waals surface area (Å²) in [5.41, 5.74) is -0.753. The van der Waals surface area contributed by atoms with E-state index in [1.807, 2.05) is 18.7 Å². The molecule has 17 heavy (non-hydrogen) atoms. The van der Waals surface area contributed by atoms with E-state index < -0.39 is 11.5 Å².